The zero-order chi connectivity index (χ0) is 25.5. The fourth-order valence-electron chi connectivity index (χ4n) is 5.55. The molecule has 0 radical (unpaired) electrons. The quantitative estimate of drug-likeness (QED) is 0.478. The molecule has 0 aromatic heterocycles. The number of halogens is 3. The lowest BCUT2D eigenvalue weighted by atomic mass is 9.84. The Morgan fingerprint density at radius 3 is 2.23 bits per heavy atom. The molecule has 0 saturated carbocycles. The fraction of sp³-hybridized carbons (Fsp3) is 0.500. The van der Waals surface area contributed by atoms with Crippen molar-refractivity contribution in [1.82, 2.24) is 9.80 Å². The van der Waals surface area contributed by atoms with Crippen LogP contribution >= 0.6 is 11.6 Å². The predicted octanol–water partition coefficient (Wildman–Crippen LogP) is 6.04. The molecule has 1 amide bonds. The van der Waals surface area contributed by atoms with E-state index in [1.165, 1.54) is 12.1 Å². The SMILES string of the molecule is CC(=O)c1cc(Cl)ccc1C1CCN(C(=O)[C@H]2CN(C(C)(C)C)CC2c2ccc(F)cc2F)CC1. The number of carbonyl (C=O) groups is 2. The minimum absolute atomic E-state index is 0.0154. The van der Waals surface area contributed by atoms with E-state index in [1.807, 2.05) is 17.0 Å². The molecule has 4 rings (SSSR count). The van der Waals surface area contributed by atoms with E-state index in [1.54, 1.807) is 13.0 Å². The number of amides is 1. The van der Waals surface area contributed by atoms with Gasteiger partial charge in [0.05, 0.1) is 5.92 Å². The lowest BCUT2D eigenvalue weighted by molar-refractivity contribution is -0.136. The highest BCUT2D eigenvalue weighted by Crippen LogP contribution is 2.40. The second kappa shape index (κ2) is 9.98. The van der Waals surface area contributed by atoms with Crippen LogP contribution in [0.2, 0.25) is 5.02 Å². The first kappa shape index (κ1) is 25.8. The standard InChI is InChI=1S/C28H33ClF2N2O2/c1-17(34)23-13-19(29)5-7-21(23)18-9-11-32(12-10-18)27(35)25-16-33(28(2,3)4)15-24(25)22-8-6-20(30)14-26(22)31/h5-8,13-14,18,24-25H,9-12,15-16H2,1-4H3/t24?,25-/m0/s1. The van der Waals surface area contributed by atoms with Crippen LogP contribution in [0.4, 0.5) is 8.78 Å². The van der Waals surface area contributed by atoms with Gasteiger partial charge in [0, 0.05) is 54.3 Å². The van der Waals surface area contributed by atoms with E-state index in [0.717, 1.165) is 24.5 Å². The van der Waals surface area contributed by atoms with Crippen molar-refractivity contribution in [3.63, 3.8) is 0 Å². The minimum atomic E-state index is -0.617. The van der Waals surface area contributed by atoms with Gasteiger partial charge in [0.1, 0.15) is 11.6 Å². The van der Waals surface area contributed by atoms with Gasteiger partial charge in [-0.05, 0) is 75.8 Å². The summed E-state index contributed by atoms with van der Waals surface area (Å²) < 4.78 is 28.3. The number of nitrogens with zero attached hydrogens (tertiary/aromatic N) is 2. The maximum absolute atomic E-state index is 14.8. The van der Waals surface area contributed by atoms with Crippen molar-refractivity contribution in [3.05, 3.63) is 69.7 Å². The van der Waals surface area contributed by atoms with E-state index in [4.69, 9.17) is 11.6 Å². The van der Waals surface area contributed by atoms with Gasteiger partial charge in [-0.15, -0.1) is 0 Å². The molecule has 0 aliphatic carbocycles. The van der Waals surface area contributed by atoms with Crippen molar-refractivity contribution in [2.24, 2.45) is 5.92 Å². The first-order valence-corrected chi connectivity index (χ1v) is 12.6. The number of benzene rings is 2. The van der Waals surface area contributed by atoms with Gasteiger partial charge >= 0.3 is 0 Å². The van der Waals surface area contributed by atoms with Crippen LogP contribution in [0.25, 0.3) is 0 Å². The molecule has 2 fully saturated rings. The van der Waals surface area contributed by atoms with E-state index in [-0.39, 0.29) is 29.1 Å². The van der Waals surface area contributed by atoms with E-state index in [0.29, 0.717) is 42.3 Å². The zero-order valence-corrected chi connectivity index (χ0v) is 21.5. The van der Waals surface area contributed by atoms with Crippen LogP contribution in [-0.2, 0) is 4.79 Å². The van der Waals surface area contributed by atoms with Crippen molar-refractivity contribution in [2.45, 2.75) is 57.9 Å². The molecule has 2 aliphatic heterocycles. The number of rotatable bonds is 4. The number of hydrogen-bond acceptors (Lipinski definition) is 3. The molecule has 2 aliphatic rings. The first-order chi connectivity index (χ1) is 16.5. The van der Waals surface area contributed by atoms with Gasteiger partial charge in [0.2, 0.25) is 5.91 Å². The van der Waals surface area contributed by atoms with Crippen molar-refractivity contribution >= 4 is 23.3 Å². The Bertz CT molecular complexity index is 1120. The molecule has 2 saturated heterocycles. The van der Waals surface area contributed by atoms with E-state index < -0.39 is 17.6 Å². The molecule has 0 N–H and O–H groups in total. The highest BCUT2D eigenvalue weighted by molar-refractivity contribution is 6.31. The Labute approximate surface area is 211 Å². The summed E-state index contributed by atoms with van der Waals surface area (Å²) in [6, 6.07) is 9.11. The molecule has 188 valence electrons. The highest BCUT2D eigenvalue weighted by Gasteiger charge is 2.44. The lowest BCUT2D eigenvalue weighted by Gasteiger charge is -2.35. The molecule has 2 atom stereocenters. The number of piperidine rings is 1. The lowest BCUT2D eigenvalue weighted by Crippen LogP contribution is -2.44. The molecule has 0 bridgehead atoms. The topological polar surface area (TPSA) is 40.6 Å². The fourth-order valence-corrected chi connectivity index (χ4v) is 5.73. The maximum atomic E-state index is 14.8. The minimum Gasteiger partial charge on any atom is -0.342 e. The maximum Gasteiger partial charge on any atom is 0.227 e. The van der Waals surface area contributed by atoms with E-state index in [9.17, 15) is 18.4 Å². The summed E-state index contributed by atoms with van der Waals surface area (Å²) in [6.45, 7) is 10.0. The van der Waals surface area contributed by atoms with Gasteiger partial charge in [0.25, 0.3) is 0 Å². The molecule has 2 aromatic carbocycles. The second-order valence-corrected chi connectivity index (χ2v) is 11.3. The predicted molar refractivity (Wildman–Crippen MR) is 134 cm³/mol. The Hall–Kier alpha value is -2.31. The van der Waals surface area contributed by atoms with Crippen molar-refractivity contribution in [3.8, 4) is 0 Å². The Morgan fingerprint density at radius 2 is 1.63 bits per heavy atom. The third kappa shape index (κ3) is 5.44. The molecule has 2 heterocycles. The van der Waals surface area contributed by atoms with Crippen LogP contribution in [0.15, 0.2) is 36.4 Å². The van der Waals surface area contributed by atoms with Crippen LogP contribution in [0.3, 0.4) is 0 Å². The summed E-state index contributed by atoms with van der Waals surface area (Å²) in [7, 11) is 0. The molecule has 7 heteroatoms. The zero-order valence-electron chi connectivity index (χ0n) is 20.8. The highest BCUT2D eigenvalue weighted by atomic mass is 35.5. The van der Waals surface area contributed by atoms with Crippen LogP contribution in [-0.4, -0.2) is 53.2 Å². The summed E-state index contributed by atoms with van der Waals surface area (Å²) in [4.78, 5) is 30.0. The number of likely N-dealkylation sites (tertiary alicyclic amines) is 2. The Balaban J connectivity index is 1.52. The van der Waals surface area contributed by atoms with Gasteiger partial charge < -0.3 is 4.90 Å². The average Bonchev–Trinajstić information content (AvgIpc) is 3.24. The van der Waals surface area contributed by atoms with E-state index >= 15 is 0 Å². The van der Waals surface area contributed by atoms with Crippen LogP contribution < -0.4 is 0 Å². The smallest absolute Gasteiger partial charge is 0.227 e. The van der Waals surface area contributed by atoms with Crippen molar-refractivity contribution < 1.29 is 18.4 Å². The molecule has 1 unspecified atom stereocenters. The number of hydrogen-bond donors (Lipinski definition) is 0. The first-order valence-electron chi connectivity index (χ1n) is 12.2. The summed E-state index contributed by atoms with van der Waals surface area (Å²) in [5.74, 6) is -1.76. The van der Waals surface area contributed by atoms with Crippen LogP contribution in [0.1, 0.15) is 73.9 Å². The van der Waals surface area contributed by atoms with Crippen molar-refractivity contribution in [1.29, 1.82) is 0 Å². The summed E-state index contributed by atoms with van der Waals surface area (Å²) in [5.41, 5.74) is 1.86. The van der Waals surface area contributed by atoms with Gasteiger partial charge in [-0.2, -0.15) is 0 Å². The number of Topliss-reactive ketones (excluding diaryl/α,β-unsaturated/α-hetero) is 1. The third-order valence-electron chi connectivity index (χ3n) is 7.59. The summed E-state index contributed by atoms with van der Waals surface area (Å²) in [5, 5.41) is 0.537. The Morgan fingerprint density at radius 1 is 0.971 bits per heavy atom. The molecule has 0 spiro atoms. The molecule has 4 nitrogen and oxygen atoms in total. The average molecular weight is 503 g/mol. The monoisotopic (exact) mass is 502 g/mol. The normalized spacial score (nSPS) is 22.0. The molecule has 35 heavy (non-hydrogen) atoms. The van der Waals surface area contributed by atoms with Crippen LogP contribution in [0, 0.1) is 17.6 Å². The summed E-state index contributed by atoms with van der Waals surface area (Å²) >= 11 is 6.11. The van der Waals surface area contributed by atoms with Gasteiger partial charge in [-0.1, -0.05) is 23.7 Å². The molecule has 2 aromatic rings. The number of ketones is 1. The van der Waals surface area contributed by atoms with Crippen molar-refractivity contribution in [2.75, 3.05) is 26.2 Å². The van der Waals surface area contributed by atoms with Gasteiger partial charge in [0.15, 0.2) is 5.78 Å². The largest absolute Gasteiger partial charge is 0.342 e. The molecular weight excluding hydrogens is 470 g/mol. The van der Waals surface area contributed by atoms with Crippen LogP contribution in [0.5, 0.6) is 0 Å². The number of carbonyl (C=O) groups excluding carboxylic acids is 2. The van der Waals surface area contributed by atoms with Gasteiger partial charge in [-0.3, -0.25) is 14.5 Å². The second-order valence-electron chi connectivity index (χ2n) is 10.8. The van der Waals surface area contributed by atoms with E-state index in [2.05, 4.69) is 25.7 Å². The summed E-state index contributed by atoms with van der Waals surface area (Å²) in [6.07, 6.45) is 1.50. The third-order valence-corrected chi connectivity index (χ3v) is 7.82. The molecular formula is C28H33ClF2N2O2. The Kier molecular flexibility index (Phi) is 7.35. The van der Waals surface area contributed by atoms with Gasteiger partial charge in [-0.25, -0.2) is 8.78 Å².